The van der Waals surface area contributed by atoms with E-state index in [2.05, 4.69) is 4.90 Å². The Kier molecular flexibility index (Phi) is 8.00. The molecule has 3 aromatic carbocycles. The quantitative estimate of drug-likeness (QED) is 0.190. The van der Waals surface area contributed by atoms with Crippen LogP contribution in [-0.4, -0.2) is 44.2 Å². The standard InChI is InChI=1S/C26H28N2O4/c1-27(2)18-7-19-32-24-16-12-21(13-17-24)25(20-10-14-23(31-3)15-11-20)26(28(29)30)22-8-5-4-6-9-22/h4-6,8-17H,7,18-19H2,1-3H3. The number of rotatable bonds is 10. The van der Waals surface area contributed by atoms with E-state index in [1.807, 2.05) is 56.6 Å². The molecule has 0 spiro atoms. The molecule has 0 fully saturated rings. The molecule has 0 aliphatic heterocycles. The second-order valence-electron chi connectivity index (χ2n) is 7.60. The van der Waals surface area contributed by atoms with Gasteiger partial charge in [-0.1, -0.05) is 42.5 Å². The lowest BCUT2D eigenvalue weighted by Crippen LogP contribution is -2.15. The average molecular weight is 433 g/mol. The number of hydrogen-bond donors (Lipinski definition) is 0. The molecule has 0 heterocycles. The Labute approximate surface area is 188 Å². The first kappa shape index (κ1) is 23.0. The van der Waals surface area contributed by atoms with Crippen LogP contribution in [0.25, 0.3) is 11.3 Å². The van der Waals surface area contributed by atoms with Crippen molar-refractivity contribution in [2.45, 2.75) is 6.42 Å². The summed E-state index contributed by atoms with van der Waals surface area (Å²) in [4.78, 5) is 14.0. The molecule has 32 heavy (non-hydrogen) atoms. The van der Waals surface area contributed by atoms with Gasteiger partial charge in [0.1, 0.15) is 11.5 Å². The van der Waals surface area contributed by atoms with Gasteiger partial charge >= 0.3 is 0 Å². The van der Waals surface area contributed by atoms with Crippen molar-refractivity contribution in [3.8, 4) is 11.5 Å². The van der Waals surface area contributed by atoms with Crippen molar-refractivity contribution in [3.63, 3.8) is 0 Å². The van der Waals surface area contributed by atoms with Crippen molar-refractivity contribution < 1.29 is 14.4 Å². The van der Waals surface area contributed by atoms with Gasteiger partial charge in [0.25, 0.3) is 5.70 Å². The summed E-state index contributed by atoms with van der Waals surface area (Å²) in [5.41, 5.74) is 2.62. The van der Waals surface area contributed by atoms with E-state index >= 15 is 0 Å². The summed E-state index contributed by atoms with van der Waals surface area (Å²) in [6.07, 6.45) is 0.922. The first-order valence-corrected chi connectivity index (χ1v) is 10.5. The molecule has 0 N–H and O–H groups in total. The van der Waals surface area contributed by atoms with Gasteiger partial charge in [-0.3, -0.25) is 10.1 Å². The molecule has 0 amide bonds. The molecule has 0 aliphatic rings. The van der Waals surface area contributed by atoms with Gasteiger partial charge in [0, 0.05) is 6.54 Å². The van der Waals surface area contributed by atoms with Gasteiger partial charge < -0.3 is 14.4 Å². The summed E-state index contributed by atoms with van der Waals surface area (Å²) in [6, 6.07) is 23.7. The van der Waals surface area contributed by atoms with Gasteiger partial charge in [0.2, 0.25) is 0 Å². The molecule has 0 unspecified atom stereocenters. The summed E-state index contributed by atoms with van der Waals surface area (Å²) >= 11 is 0. The van der Waals surface area contributed by atoms with Gasteiger partial charge in [-0.05, 0) is 68.0 Å². The highest BCUT2D eigenvalue weighted by Crippen LogP contribution is 2.34. The molecule has 3 aromatic rings. The number of methoxy groups -OCH3 is 1. The highest BCUT2D eigenvalue weighted by atomic mass is 16.6. The van der Waals surface area contributed by atoms with Crippen LogP contribution in [0.4, 0.5) is 0 Å². The minimum Gasteiger partial charge on any atom is -0.497 e. The van der Waals surface area contributed by atoms with Gasteiger partial charge in [0.15, 0.2) is 0 Å². The van der Waals surface area contributed by atoms with Crippen LogP contribution >= 0.6 is 0 Å². The van der Waals surface area contributed by atoms with Crippen LogP contribution in [0, 0.1) is 10.1 Å². The molecule has 3 rings (SSSR count). The zero-order valence-electron chi connectivity index (χ0n) is 18.7. The Morgan fingerprint density at radius 2 is 1.41 bits per heavy atom. The fraction of sp³-hybridized carbons (Fsp3) is 0.231. The van der Waals surface area contributed by atoms with Gasteiger partial charge in [0.05, 0.1) is 29.8 Å². The smallest absolute Gasteiger partial charge is 0.284 e. The summed E-state index contributed by atoms with van der Waals surface area (Å²) in [7, 11) is 5.65. The van der Waals surface area contributed by atoms with Crippen LogP contribution in [0.5, 0.6) is 11.5 Å². The van der Waals surface area contributed by atoms with Crippen LogP contribution in [0.3, 0.4) is 0 Å². The van der Waals surface area contributed by atoms with Crippen molar-refractivity contribution in [2.75, 3.05) is 34.4 Å². The number of nitrogens with zero attached hydrogens (tertiary/aromatic N) is 2. The average Bonchev–Trinajstić information content (AvgIpc) is 2.81. The highest BCUT2D eigenvalue weighted by Gasteiger charge is 2.24. The Morgan fingerprint density at radius 1 is 0.844 bits per heavy atom. The molecule has 0 saturated carbocycles. The maximum atomic E-state index is 12.2. The zero-order chi connectivity index (χ0) is 22.9. The normalized spacial score (nSPS) is 11.8. The van der Waals surface area contributed by atoms with Crippen molar-refractivity contribution in [1.82, 2.24) is 4.90 Å². The number of hydrogen-bond acceptors (Lipinski definition) is 5. The van der Waals surface area contributed by atoms with Crippen molar-refractivity contribution in [2.24, 2.45) is 0 Å². The minimum atomic E-state index is -0.319. The van der Waals surface area contributed by atoms with E-state index in [0.717, 1.165) is 29.8 Å². The molecule has 0 aromatic heterocycles. The Morgan fingerprint density at radius 3 is 1.91 bits per heavy atom. The van der Waals surface area contributed by atoms with E-state index in [-0.39, 0.29) is 10.6 Å². The number of ether oxygens (including phenoxy) is 2. The van der Waals surface area contributed by atoms with Crippen LogP contribution in [0.2, 0.25) is 0 Å². The second kappa shape index (κ2) is 11.1. The topological polar surface area (TPSA) is 64.8 Å². The van der Waals surface area contributed by atoms with Crippen LogP contribution in [-0.2, 0) is 0 Å². The van der Waals surface area contributed by atoms with Crippen molar-refractivity contribution in [1.29, 1.82) is 0 Å². The first-order valence-electron chi connectivity index (χ1n) is 10.5. The largest absolute Gasteiger partial charge is 0.497 e. The second-order valence-corrected chi connectivity index (χ2v) is 7.60. The summed E-state index contributed by atoms with van der Waals surface area (Å²) in [5.74, 6) is 1.43. The lowest BCUT2D eigenvalue weighted by Gasteiger charge is -2.13. The third-order valence-electron chi connectivity index (χ3n) is 5.01. The lowest BCUT2D eigenvalue weighted by molar-refractivity contribution is -0.374. The Balaban J connectivity index is 2.02. The Hall–Kier alpha value is -3.64. The summed E-state index contributed by atoms with van der Waals surface area (Å²) in [5, 5.41) is 12.2. The van der Waals surface area contributed by atoms with E-state index in [4.69, 9.17) is 9.47 Å². The van der Waals surface area contributed by atoms with E-state index in [9.17, 15) is 10.1 Å². The third-order valence-corrected chi connectivity index (χ3v) is 5.01. The lowest BCUT2D eigenvalue weighted by atomic mass is 9.93. The minimum absolute atomic E-state index is 0.0513. The van der Waals surface area contributed by atoms with Crippen molar-refractivity contribution in [3.05, 3.63) is 106 Å². The predicted molar refractivity (Wildman–Crippen MR) is 127 cm³/mol. The Bertz CT molecular complexity index is 1040. The number of benzene rings is 3. The molecule has 6 heteroatoms. The molecule has 0 saturated heterocycles. The molecule has 0 aliphatic carbocycles. The van der Waals surface area contributed by atoms with E-state index < -0.39 is 0 Å². The van der Waals surface area contributed by atoms with Crippen LogP contribution in [0.15, 0.2) is 78.9 Å². The highest BCUT2D eigenvalue weighted by molar-refractivity contribution is 5.95. The van der Waals surface area contributed by atoms with Crippen LogP contribution < -0.4 is 9.47 Å². The predicted octanol–water partition coefficient (Wildman–Crippen LogP) is 5.22. The molecule has 6 nitrogen and oxygen atoms in total. The van der Waals surface area contributed by atoms with E-state index in [1.165, 1.54) is 0 Å². The zero-order valence-corrected chi connectivity index (χ0v) is 18.7. The van der Waals surface area contributed by atoms with Crippen molar-refractivity contribution >= 4 is 11.3 Å². The SMILES string of the molecule is COc1ccc(C(=C(c2ccccc2)[N+](=O)[O-])c2ccc(OCCCN(C)C)cc2)cc1. The fourth-order valence-corrected chi connectivity index (χ4v) is 3.42. The third kappa shape index (κ3) is 5.95. The number of nitro groups is 1. The molecule has 0 atom stereocenters. The fourth-order valence-electron chi connectivity index (χ4n) is 3.42. The first-order chi connectivity index (χ1) is 15.5. The molecule has 0 radical (unpaired) electrons. The van der Waals surface area contributed by atoms with E-state index in [1.54, 1.807) is 43.5 Å². The molecular weight excluding hydrogens is 404 g/mol. The summed E-state index contributed by atoms with van der Waals surface area (Å²) in [6.45, 7) is 1.56. The summed E-state index contributed by atoms with van der Waals surface area (Å²) < 4.78 is 11.1. The monoisotopic (exact) mass is 432 g/mol. The molecule has 166 valence electrons. The van der Waals surface area contributed by atoms with Gasteiger partial charge in [-0.15, -0.1) is 0 Å². The van der Waals surface area contributed by atoms with E-state index in [0.29, 0.717) is 23.5 Å². The van der Waals surface area contributed by atoms with Gasteiger partial charge in [-0.2, -0.15) is 0 Å². The van der Waals surface area contributed by atoms with Crippen LogP contribution in [0.1, 0.15) is 23.1 Å². The molecular formula is C26H28N2O4. The maximum Gasteiger partial charge on any atom is 0.284 e. The van der Waals surface area contributed by atoms with Gasteiger partial charge in [-0.25, -0.2) is 0 Å². The maximum absolute atomic E-state index is 12.2. The molecule has 0 bridgehead atoms.